The molecule has 0 saturated heterocycles. The highest BCUT2D eigenvalue weighted by molar-refractivity contribution is 9.10. The maximum Gasteiger partial charge on any atom is 0.323 e. The third-order valence-electron chi connectivity index (χ3n) is 3.14. The predicted octanol–water partition coefficient (Wildman–Crippen LogP) is 4.94. The highest BCUT2D eigenvalue weighted by atomic mass is 79.9. The first kappa shape index (κ1) is 18.9. The molecule has 24 heavy (non-hydrogen) atoms. The molecule has 0 saturated carbocycles. The van der Waals surface area contributed by atoms with Gasteiger partial charge in [0.15, 0.2) is 0 Å². The number of carbonyl (C=O) groups is 1. The number of urea groups is 1. The van der Waals surface area contributed by atoms with Crippen LogP contribution >= 0.6 is 39.1 Å². The number of rotatable bonds is 5. The van der Waals surface area contributed by atoms with Crippen molar-refractivity contribution in [1.82, 2.24) is 0 Å². The van der Waals surface area contributed by atoms with E-state index in [4.69, 9.17) is 33.0 Å². The van der Waals surface area contributed by atoms with Crippen LogP contribution in [0.2, 0.25) is 10.0 Å². The third-order valence-corrected chi connectivity index (χ3v) is 4.15. The molecule has 0 spiro atoms. The molecule has 8 heteroatoms. The lowest BCUT2D eigenvalue weighted by Gasteiger charge is -2.14. The van der Waals surface area contributed by atoms with Gasteiger partial charge in [-0.2, -0.15) is 0 Å². The molecular weight excluding hydrogens is 419 g/mol. The fourth-order valence-electron chi connectivity index (χ4n) is 2.12. The Balaban J connectivity index is 2.19. The number of halogens is 3. The standard InChI is InChI=1S/C16H15BrCl2N2O3/c1-24-12-5-9(17)4-11(8-12)20-16(23)21-15-7-10(18)6-14(19)13(15)2-3-22/h4-8,22H,2-3H2,1H3,(H2,20,21,23). The molecule has 0 radical (unpaired) electrons. The first-order valence-electron chi connectivity index (χ1n) is 6.94. The van der Waals surface area contributed by atoms with Crippen LogP contribution in [0.1, 0.15) is 5.56 Å². The van der Waals surface area contributed by atoms with Crippen LogP contribution in [0.5, 0.6) is 5.75 Å². The number of ether oxygens (including phenoxy) is 1. The summed E-state index contributed by atoms with van der Waals surface area (Å²) < 4.78 is 5.92. The van der Waals surface area contributed by atoms with Crippen molar-refractivity contribution in [2.24, 2.45) is 0 Å². The molecule has 0 unspecified atom stereocenters. The quantitative estimate of drug-likeness (QED) is 0.625. The Morgan fingerprint density at radius 2 is 1.96 bits per heavy atom. The van der Waals surface area contributed by atoms with Crippen molar-refractivity contribution in [3.05, 3.63) is 50.4 Å². The summed E-state index contributed by atoms with van der Waals surface area (Å²) in [6.07, 6.45) is 0.302. The zero-order valence-electron chi connectivity index (χ0n) is 12.7. The van der Waals surface area contributed by atoms with Gasteiger partial charge >= 0.3 is 6.03 Å². The van der Waals surface area contributed by atoms with Gasteiger partial charge in [-0.05, 0) is 36.2 Å². The Morgan fingerprint density at radius 1 is 1.21 bits per heavy atom. The summed E-state index contributed by atoms with van der Waals surface area (Å²) in [6.45, 7) is -0.0967. The lowest BCUT2D eigenvalue weighted by molar-refractivity contribution is 0.262. The van der Waals surface area contributed by atoms with Crippen LogP contribution in [0.25, 0.3) is 0 Å². The molecule has 0 aliphatic carbocycles. The average Bonchev–Trinajstić information content (AvgIpc) is 2.49. The van der Waals surface area contributed by atoms with E-state index in [2.05, 4.69) is 26.6 Å². The minimum atomic E-state index is -0.465. The number of hydrogen-bond acceptors (Lipinski definition) is 3. The largest absolute Gasteiger partial charge is 0.497 e. The number of amides is 2. The fourth-order valence-corrected chi connectivity index (χ4v) is 3.18. The molecule has 0 aromatic heterocycles. The van der Waals surface area contributed by atoms with Gasteiger partial charge in [0.25, 0.3) is 0 Å². The predicted molar refractivity (Wildman–Crippen MR) is 101 cm³/mol. The number of hydrogen-bond donors (Lipinski definition) is 3. The van der Waals surface area contributed by atoms with Crippen molar-refractivity contribution in [2.75, 3.05) is 24.4 Å². The summed E-state index contributed by atoms with van der Waals surface area (Å²) in [5.41, 5.74) is 1.61. The molecule has 2 aromatic carbocycles. The first-order valence-corrected chi connectivity index (χ1v) is 8.49. The Labute approximate surface area is 158 Å². The fraction of sp³-hybridized carbons (Fsp3) is 0.188. The number of aliphatic hydroxyl groups is 1. The molecule has 2 rings (SSSR count). The minimum absolute atomic E-state index is 0.0967. The van der Waals surface area contributed by atoms with Crippen molar-refractivity contribution in [3.8, 4) is 5.75 Å². The van der Waals surface area contributed by atoms with E-state index in [0.717, 1.165) is 4.47 Å². The molecule has 3 N–H and O–H groups in total. The summed E-state index contributed by atoms with van der Waals surface area (Å²) >= 11 is 15.5. The van der Waals surface area contributed by atoms with Crippen molar-refractivity contribution in [1.29, 1.82) is 0 Å². The second-order valence-corrected chi connectivity index (χ2v) is 6.61. The molecule has 128 valence electrons. The van der Waals surface area contributed by atoms with E-state index in [0.29, 0.717) is 39.2 Å². The molecule has 5 nitrogen and oxygen atoms in total. The Hall–Kier alpha value is -1.47. The number of benzene rings is 2. The van der Waals surface area contributed by atoms with E-state index in [1.807, 2.05) is 0 Å². The summed E-state index contributed by atoms with van der Waals surface area (Å²) in [4.78, 5) is 12.2. The van der Waals surface area contributed by atoms with Crippen molar-refractivity contribution >= 4 is 56.5 Å². The van der Waals surface area contributed by atoms with E-state index in [-0.39, 0.29) is 6.61 Å². The summed E-state index contributed by atoms with van der Waals surface area (Å²) in [6, 6.07) is 7.88. The molecule has 2 amide bonds. The van der Waals surface area contributed by atoms with E-state index in [1.54, 1.807) is 37.4 Å². The van der Waals surface area contributed by atoms with Crippen LogP contribution in [0.4, 0.5) is 16.2 Å². The van der Waals surface area contributed by atoms with Gasteiger partial charge in [0, 0.05) is 38.6 Å². The van der Waals surface area contributed by atoms with Gasteiger partial charge in [-0.1, -0.05) is 39.1 Å². The van der Waals surface area contributed by atoms with Crippen molar-refractivity contribution in [2.45, 2.75) is 6.42 Å². The van der Waals surface area contributed by atoms with E-state index in [1.165, 1.54) is 0 Å². The molecule has 0 fully saturated rings. The highest BCUT2D eigenvalue weighted by Gasteiger charge is 2.12. The lowest BCUT2D eigenvalue weighted by Crippen LogP contribution is -2.20. The van der Waals surface area contributed by atoms with Crippen LogP contribution in [-0.2, 0) is 6.42 Å². The smallest absolute Gasteiger partial charge is 0.323 e. The van der Waals surface area contributed by atoms with Gasteiger partial charge in [0.1, 0.15) is 5.75 Å². The number of nitrogens with one attached hydrogen (secondary N) is 2. The molecule has 2 aromatic rings. The molecule has 0 aliphatic rings. The van der Waals surface area contributed by atoms with Crippen LogP contribution in [0.15, 0.2) is 34.8 Å². The number of anilines is 2. The van der Waals surface area contributed by atoms with Crippen molar-refractivity contribution in [3.63, 3.8) is 0 Å². The van der Waals surface area contributed by atoms with Crippen molar-refractivity contribution < 1.29 is 14.6 Å². The number of aliphatic hydroxyl groups excluding tert-OH is 1. The Kier molecular flexibility index (Phi) is 6.74. The van der Waals surface area contributed by atoms with Gasteiger partial charge < -0.3 is 20.5 Å². The Bertz CT molecular complexity index is 756. The van der Waals surface area contributed by atoms with Gasteiger partial charge in [0.2, 0.25) is 0 Å². The normalized spacial score (nSPS) is 10.4. The minimum Gasteiger partial charge on any atom is -0.497 e. The van der Waals surface area contributed by atoms with Gasteiger partial charge in [-0.15, -0.1) is 0 Å². The summed E-state index contributed by atoms with van der Waals surface area (Å²) in [5.74, 6) is 0.603. The summed E-state index contributed by atoms with van der Waals surface area (Å²) in [7, 11) is 1.54. The topological polar surface area (TPSA) is 70.6 Å². The zero-order valence-corrected chi connectivity index (χ0v) is 15.8. The zero-order chi connectivity index (χ0) is 17.7. The second kappa shape index (κ2) is 8.58. The summed E-state index contributed by atoms with van der Waals surface area (Å²) in [5, 5.41) is 15.3. The van der Waals surface area contributed by atoms with Gasteiger partial charge in [-0.25, -0.2) is 4.79 Å². The maximum atomic E-state index is 12.2. The number of methoxy groups -OCH3 is 1. The first-order chi connectivity index (χ1) is 11.4. The third kappa shape index (κ3) is 5.01. The highest BCUT2D eigenvalue weighted by Crippen LogP contribution is 2.30. The van der Waals surface area contributed by atoms with Crippen LogP contribution in [0, 0.1) is 0 Å². The Morgan fingerprint density at radius 3 is 2.62 bits per heavy atom. The monoisotopic (exact) mass is 432 g/mol. The van der Waals surface area contributed by atoms with E-state index >= 15 is 0 Å². The lowest BCUT2D eigenvalue weighted by atomic mass is 10.1. The SMILES string of the molecule is COc1cc(Br)cc(NC(=O)Nc2cc(Cl)cc(Cl)c2CCO)c1. The van der Waals surface area contributed by atoms with Gasteiger partial charge in [-0.3, -0.25) is 0 Å². The molecule has 0 heterocycles. The van der Waals surface area contributed by atoms with Crippen LogP contribution in [0.3, 0.4) is 0 Å². The molecular formula is C16H15BrCl2N2O3. The van der Waals surface area contributed by atoms with Crippen LogP contribution in [-0.4, -0.2) is 24.9 Å². The number of carbonyl (C=O) groups excluding carboxylic acids is 1. The maximum absolute atomic E-state index is 12.2. The second-order valence-electron chi connectivity index (χ2n) is 4.85. The van der Waals surface area contributed by atoms with E-state index < -0.39 is 6.03 Å². The molecule has 0 bridgehead atoms. The molecule has 0 atom stereocenters. The van der Waals surface area contributed by atoms with Gasteiger partial charge in [0.05, 0.1) is 7.11 Å². The average molecular weight is 434 g/mol. The van der Waals surface area contributed by atoms with Crippen LogP contribution < -0.4 is 15.4 Å². The van der Waals surface area contributed by atoms with E-state index in [9.17, 15) is 4.79 Å². The molecule has 0 aliphatic heterocycles.